The average molecular weight is 302 g/mol. The van der Waals surface area contributed by atoms with Crippen LogP contribution in [-0.4, -0.2) is 17.3 Å². The number of halogens is 3. The van der Waals surface area contributed by atoms with Crippen molar-refractivity contribution in [1.29, 1.82) is 0 Å². The van der Waals surface area contributed by atoms with Crippen LogP contribution in [0.25, 0.3) is 0 Å². The molecule has 1 aromatic carbocycles. The molecular formula is C15H17F3OS. The normalized spacial score (nSPS) is 17.1. The van der Waals surface area contributed by atoms with Gasteiger partial charge in [0.15, 0.2) is 0 Å². The van der Waals surface area contributed by atoms with E-state index in [1.165, 1.54) is 12.1 Å². The lowest BCUT2D eigenvalue weighted by Crippen LogP contribution is -2.15. The van der Waals surface area contributed by atoms with Crippen molar-refractivity contribution in [3.63, 3.8) is 0 Å². The van der Waals surface area contributed by atoms with Crippen molar-refractivity contribution in [3.05, 3.63) is 35.4 Å². The van der Waals surface area contributed by atoms with E-state index >= 15 is 0 Å². The summed E-state index contributed by atoms with van der Waals surface area (Å²) in [5, 5.41) is 0. The third-order valence-corrected chi connectivity index (χ3v) is 4.59. The van der Waals surface area contributed by atoms with Gasteiger partial charge >= 0.3 is 6.18 Å². The Morgan fingerprint density at radius 2 is 1.75 bits per heavy atom. The Kier molecular flexibility index (Phi) is 5.13. The van der Waals surface area contributed by atoms with Crippen LogP contribution >= 0.6 is 11.8 Å². The molecule has 0 aliphatic carbocycles. The molecule has 0 bridgehead atoms. The molecule has 0 N–H and O–H groups in total. The maximum Gasteiger partial charge on any atom is 0.416 e. The van der Waals surface area contributed by atoms with E-state index < -0.39 is 11.7 Å². The SMILES string of the molecule is O=C(Cc1ccc(C(F)(F)F)cc1)CC1CCSCC1. The van der Waals surface area contributed by atoms with E-state index in [-0.39, 0.29) is 12.2 Å². The minimum absolute atomic E-state index is 0.127. The standard InChI is InChI=1S/C15H17F3OS/c16-15(17,18)13-3-1-11(2-4-13)9-14(19)10-12-5-7-20-8-6-12/h1-4,12H,5-10H2. The number of benzene rings is 1. The first kappa shape index (κ1) is 15.4. The number of Topliss-reactive ketones (excluding diaryl/α,β-unsaturated/α-hetero) is 1. The van der Waals surface area contributed by atoms with Gasteiger partial charge < -0.3 is 0 Å². The molecule has 5 heteroatoms. The molecule has 0 saturated carbocycles. The predicted molar refractivity (Wildman–Crippen MR) is 74.8 cm³/mol. The van der Waals surface area contributed by atoms with E-state index in [9.17, 15) is 18.0 Å². The van der Waals surface area contributed by atoms with Crippen LogP contribution in [0.2, 0.25) is 0 Å². The Morgan fingerprint density at radius 1 is 1.15 bits per heavy atom. The Labute approximate surface area is 120 Å². The summed E-state index contributed by atoms with van der Waals surface area (Å²) in [6.07, 6.45) is -1.38. The third kappa shape index (κ3) is 4.54. The van der Waals surface area contributed by atoms with Crippen LogP contribution in [0.3, 0.4) is 0 Å². The second-order valence-electron chi connectivity index (χ2n) is 5.17. The van der Waals surface area contributed by atoms with Gasteiger partial charge in [-0.3, -0.25) is 4.79 Å². The molecule has 2 rings (SSSR count). The number of hydrogen-bond donors (Lipinski definition) is 0. The highest BCUT2D eigenvalue weighted by Crippen LogP contribution is 2.29. The monoisotopic (exact) mass is 302 g/mol. The Bertz CT molecular complexity index is 447. The quantitative estimate of drug-likeness (QED) is 0.822. The predicted octanol–water partition coefficient (Wildman–Crippen LogP) is 4.35. The van der Waals surface area contributed by atoms with Crippen molar-refractivity contribution in [2.45, 2.75) is 31.9 Å². The molecule has 1 aliphatic rings. The number of thioether (sulfide) groups is 1. The van der Waals surface area contributed by atoms with E-state index in [1.54, 1.807) is 0 Å². The molecule has 1 nitrogen and oxygen atoms in total. The molecule has 20 heavy (non-hydrogen) atoms. The summed E-state index contributed by atoms with van der Waals surface area (Å²) in [4.78, 5) is 11.9. The van der Waals surface area contributed by atoms with Gasteiger partial charge in [0.2, 0.25) is 0 Å². The van der Waals surface area contributed by atoms with Gasteiger partial charge in [-0.05, 0) is 48.0 Å². The first-order valence-corrected chi connectivity index (χ1v) is 7.86. The average Bonchev–Trinajstić information content (AvgIpc) is 2.39. The van der Waals surface area contributed by atoms with Crippen molar-refractivity contribution in [2.75, 3.05) is 11.5 Å². The number of rotatable bonds is 4. The first-order valence-electron chi connectivity index (χ1n) is 6.71. The summed E-state index contributed by atoms with van der Waals surface area (Å²) in [5.41, 5.74) is -0.00816. The van der Waals surface area contributed by atoms with E-state index in [0.29, 0.717) is 17.9 Å². The fraction of sp³-hybridized carbons (Fsp3) is 0.533. The fourth-order valence-corrected chi connectivity index (χ4v) is 3.59. The largest absolute Gasteiger partial charge is 0.416 e. The summed E-state index contributed by atoms with van der Waals surface area (Å²) in [6, 6.07) is 4.88. The van der Waals surface area contributed by atoms with E-state index in [2.05, 4.69) is 0 Å². The third-order valence-electron chi connectivity index (χ3n) is 3.54. The number of hydrogen-bond acceptors (Lipinski definition) is 2. The van der Waals surface area contributed by atoms with Crippen molar-refractivity contribution in [3.8, 4) is 0 Å². The zero-order valence-electron chi connectivity index (χ0n) is 11.1. The van der Waals surface area contributed by atoms with Gasteiger partial charge in [-0.25, -0.2) is 0 Å². The van der Waals surface area contributed by atoms with Gasteiger partial charge in [-0.2, -0.15) is 24.9 Å². The second-order valence-corrected chi connectivity index (χ2v) is 6.39. The molecule has 1 aromatic rings. The van der Waals surface area contributed by atoms with Crippen LogP contribution in [0.1, 0.15) is 30.4 Å². The Morgan fingerprint density at radius 3 is 2.30 bits per heavy atom. The van der Waals surface area contributed by atoms with Crippen LogP contribution in [0.4, 0.5) is 13.2 Å². The molecule has 1 aliphatic heterocycles. The van der Waals surface area contributed by atoms with Crippen molar-refractivity contribution < 1.29 is 18.0 Å². The summed E-state index contributed by atoms with van der Waals surface area (Å²) >= 11 is 1.92. The van der Waals surface area contributed by atoms with Crippen molar-refractivity contribution >= 4 is 17.5 Å². The molecular weight excluding hydrogens is 285 g/mol. The molecule has 0 aromatic heterocycles. The lowest BCUT2D eigenvalue weighted by atomic mass is 9.93. The molecule has 1 heterocycles. The second kappa shape index (κ2) is 6.66. The topological polar surface area (TPSA) is 17.1 Å². The number of carbonyl (C=O) groups is 1. The number of ketones is 1. The van der Waals surface area contributed by atoms with E-state index in [4.69, 9.17) is 0 Å². The molecule has 0 atom stereocenters. The maximum atomic E-state index is 12.4. The Balaban J connectivity index is 1.87. The lowest BCUT2D eigenvalue weighted by molar-refractivity contribution is -0.137. The van der Waals surface area contributed by atoms with Gasteiger partial charge in [0.1, 0.15) is 5.78 Å². The minimum atomic E-state index is -4.32. The van der Waals surface area contributed by atoms with Crippen molar-refractivity contribution in [1.82, 2.24) is 0 Å². The van der Waals surface area contributed by atoms with Crippen LogP contribution in [0, 0.1) is 5.92 Å². The zero-order chi connectivity index (χ0) is 14.6. The van der Waals surface area contributed by atoms with Crippen LogP contribution in [0.15, 0.2) is 24.3 Å². The van der Waals surface area contributed by atoms with Gasteiger partial charge in [-0.15, -0.1) is 0 Å². The van der Waals surface area contributed by atoms with E-state index in [1.807, 2.05) is 11.8 Å². The zero-order valence-corrected chi connectivity index (χ0v) is 11.9. The summed E-state index contributed by atoms with van der Waals surface area (Å²) in [6.45, 7) is 0. The maximum absolute atomic E-state index is 12.4. The molecule has 0 amide bonds. The van der Waals surface area contributed by atoms with Gasteiger partial charge in [-0.1, -0.05) is 12.1 Å². The fourth-order valence-electron chi connectivity index (χ4n) is 2.38. The number of carbonyl (C=O) groups excluding carboxylic acids is 1. The first-order chi connectivity index (χ1) is 9.45. The van der Waals surface area contributed by atoms with Crippen molar-refractivity contribution in [2.24, 2.45) is 5.92 Å². The molecule has 0 radical (unpaired) electrons. The minimum Gasteiger partial charge on any atom is -0.299 e. The smallest absolute Gasteiger partial charge is 0.299 e. The molecule has 1 fully saturated rings. The van der Waals surface area contributed by atoms with Crippen LogP contribution in [0.5, 0.6) is 0 Å². The highest BCUT2D eigenvalue weighted by atomic mass is 32.2. The summed E-state index contributed by atoms with van der Waals surface area (Å²) in [5.74, 6) is 2.80. The summed E-state index contributed by atoms with van der Waals surface area (Å²) in [7, 11) is 0. The molecule has 110 valence electrons. The number of alkyl halides is 3. The lowest BCUT2D eigenvalue weighted by Gasteiger charge is -2.20. The molecule has 0 unspecified atom stereocenters. The van der Waals surface area contributed by atoms with Gasteiger partial charge in [0.25, 0.3) is 0 Å². The van der Waals surface area contributed by atoms with E-state index in [0.717, 1.165) is 36.5 Å². The molecule has 1 saturated heterocycles. The molecule has 0 spiro atoms. The van der Waals surface area contributed by atoms with Crippen LogP contribution in [-0.2, 0) is 17.4 Å². The van der Waals surface area contributed by atoms with Crippen LogP contribution < -0.4 is 0 Å². The van der Waals surface area contributed by atoms with Gasteiger partial charge in [0, 0.05) is 12.8 Å². The van der Waals surface area contributed by atoms with Gasteiger partial charge in [0.05, 0.1) is 5.56 Å². The highest BCUT2D eigenvalue weighted by molar-refractivity contribution is 7.99. The highest BCUT2D eigenvalue weighted by Gasteiger charge is 2.30. The summed E-state index contributed by atoms with van der Waals surface area (Å²) < 4.78 is 37.3. The Hall–Kier alpha value is -0.970.